The molecule has 4 aliphatic rings. The van der Waals surface area contributed by atoms with E-state index in [1.807, 2.05) is 0 Å². The molecule has 0 aliphatic carbocycles. The lowest BCUT2D eigenvalue weighted by Crippen LogP contribution is -2.34. The van der Waals surface area contributed by atoms with Gasteiger partial charge in [0, 0.05) is 0 Å². The van der Waals surface area contributed by atoms with Crippen molar-refractivity contribution in [1.82, 2.24) is 0 Å². The maximum absolute atomic E-state index is 1.65. The Morgan fingerprint density at radius 3 is 1.64 bits per heavy atom. The van der Waals surface area contributed by atoms with Crippen LogP contribution in [-0.2, 0) is 0 Å². The standard InChI is InChI=1S/C23H42BP/c1(2-4-18-24-20-10-6-11-21(24)13-7-12-20)3-5-19-25-22-14-8-15-23(25)17-9-16-22/h20-23H,1-19H2. The monoisotopic (exact) mass is 360 g/mol. The molecular formula is C23H42BP. The summed E-state index contributed by atoms with van der Waals surface area (Å²) < 4.78 is 0. The zero-order valence-electron chi connectivity index (χ0n) is 16.8. The second-order valence-corrected chi connectivity index (χ2v) is 12.9. The van der Waals surface area contributed by atoms with E-state index in [9.17, 15) is 0 Å². The van der Waals surface area contributed by atoms with Gasteiger partial charge in [0.25, 0.3) is 0 Å². The van der Waals surface area contributed by atoms with Gasteiger partial charge in [0.1, 0.15) is 6.71 Å². The van der Waals surface area contributed by atoms with Gasteiger partial charge in [0.2, 0.25) is 0 Å². The van der Waals surface area contributed by atoms with Crippen molar-refractivity contribution in [2.75, 3.05) is 6.16 Å². The summed E-state index contributed by atoms with van der Waals surface area (Å²) in [5, 5.41) is 0. The first-order valence-corrected chi connectivity index (χ1v) is 13.8. The van der Waals surface area contributed by atoms with Gasteiger partial charge in [-0.05, 0) is 49.6 Å². The highest BCUT2D eigenvalue weighted by Crippen LogP contribution is 2.59. The van der Waals surface area contributed by atoms with E-state index in [1.54, 1.807) is 122 Å². The molecule has 0 aromatic heterocycles. The second-order valence-electron chi connectivity index (χ2n) is 10.0. The van der Waals surface area contributed by atoms with Crippen molar-refractivity contribution in [1.29, 1.82) is 0 Å². The lowest BCUT2D eigenvalue weighted by Gasteiger charge is -2.43. The predicted octanol–water partition coefficient (Wildman–Crippen LogP) is 8.13. The van der Waals surface area contributed by atoms with Crippen LogP contribution in [-0.4, -0.2) is 24.2 Å². The average molecular weight is 360 g/mol. The molecule has 4 saturated heterocycles. The van der Waals surface area contributed by atoms with Gasteiger partial charge in [0.05, 0.1) is 0 Å². The number of hydrogen-bond acceptors (Lipinski definition) is 0. The normalized spacial score (nSPS) is 37.9. The molecule has 4 rings (SSSR count). The van der Waals surface area contributed by atoms with Gasteiger partial charge in [-0.2, -0.15) is 0 Å². The van der Waals surface area contributed by atoms with E-state index >= 15 is 0 Å². The third-order valence-electron chi connectivity index (χ3n) is 8.55. The van der Waals surface area contributed by atoms with Gasteiger partial charge in [-0.1, -0.05) is 95.0 Å². The van der Waals surface area contributed by atoms with Crippen LogP contribution in [0.4, 0.5) is 0 Å². The van der Waals surface area contributed by atoms with Crippen molar-refractivity contribution in [2.45, 2.75) is 138 Å². The first kappa shape index (κ1) is 18.8. The third kappa shape index (κ3) is 4.86. The van der Waals surface area contributed by atoms with E-state index in [0.717, 1.165) is 18.3 Å². The van der Waals surface area contributed by atoms with Crippen molar-refractivity contribution in [3.8, 4) is 0 Å². The lowest BCUT2D eigenvalue weighted by molar-refractivity contribution is 0.439. The lowest BCUT2D eigenvalue weighted by atomic mass is 9.26. The number of rotatable bonds is 8. The quantitative estimate of drug-likeness (QED) is 0.233. The van der Waals surface area contributed by atoms with E-state index in [4.69, 9.17) is 0 Å². The summed E-state index contributed by atoms with van der Waals surface area (Å²) in [5.41, 5.74) is 2.40. The van der Waals surface area contributed by atoms with Crippen LogP contribution in [0.25, 0.3) is 0 Å². The van der Waals surface area contributed by atoms with Crippen LogP contribution in [0, 0.1) is 0 Å². The molecule has 25 heavy (non-hydrogen) atoms. The van der Waals surface area contributed by atoms with E-state index in [1.165, 1.54) is 11.3 Å². The van der Waals surface area contributed by atoms with Crippen molar-refractivity contribution in [3.05, 3.63) is 0 Å². The second kappa shape index (κ2) is 9.62. The fourth-order valence-corrected chi connectivity index (χ4v) is 11.3. The van der Waals surface area contributed by atoms with Crippen LogP contribution >= 0.6 is 7.92 Å². The minimum absolute atomic E-state index is 0.449. The van der Waals surface area contributed by atoms with Gasteiger partial charge in [0.15, 0.2) is 0 Å². The topological polar surface area (TPSA) is 0 Å². The van der Waals surface area contributed by atoms with Crippen molar-refractivity contribution >= 4 is 14.6 Å². The van der Waals surface area contributed by atoms with Crippen LogP contribution in [0.5, 0.6) is 0 Å². The molecule has 4 aliphatic heterocycles. The first-order valence-electron chi connectivity index (χ1n) is 12.2. The molecule has 0 N–H and O–H groups in total. The van der Waals surface area contributed by atoms with E-state index in [-0.39, 0.29) is 0 Å². The van der Waals surface area contributed by atoms with E-state index < -0.39 is 0 Å². The van der Waals surface area contributed by atoms with E-state index in [0.29, 0.717) is 7.92 Å². The Morgan fingerprint density at radius 2 is 1.04 bits per heavy atom. The molecule has 0 atom stereocenters. The highest BCUT2D eigenvalue weighted by atomic mass is 31.1. The molecular weight excluding hydrogens is 318 g/mol. The molecule has 4 fully saturated rings. The number of unbranched alkanes of at least 4 members (excludes halogenated alkanes) is 4. The summed E-state index contributed by atoms with van der Waals surface area (Å²) in [6, 6.07) is 0. The predicted molar refractivity (Wildman–Crippen MR) is 116 cm³/mol. The summed E-state index contributed by atoms with van der Waals surface area (Å²) in [6.07, 6.45) is 30.0. The van der Waals surface area contributed by atoms with E-state index in [2.05, 4.69) is 0 Å². The highest BCUT2D eigenvalue weighted by molar-refractivity contribution is 7.59. The fourth-order valence-electron chi connectivity index (χ4n) is 7.28. The Hall–Kier alpha value is 0.495. The summed E-state index contributed by atoms with van der Waals surface area (Å²) in [4.78, 5) is 0. The number of fused-ring (bicyclic) bond motifs is 4. The fraction of sp³-hybridized carbons (Fsp3) is 1.00. The van der Waals surface area contributed by atoms with Gasteiger partial charge >= 0.3 is 0 Å². The van der Waals surface area contributed by atoms with Crippen LogP contribution in [0.3, 0.4) is 0 Å². The summed E-state index contributed by atoms with van der Waals surface area (Å²) in [5.74, 6) is 2.28. The molecule has 0 aromatic carbocycles. The third-order valence-corrected chi connectivity index (χ3v) is 12.3. The Kier molecular flexibility index (Phi) is 7.25. The zero-order valence-corrected chi connectivity index (χ0v) is 17.7. The van der Waals surface area contributed by atoms with Crippen LogP contribution < -0.4 is 0 Å². The summed E-state index contributed by atoms with van der Waals surface area (Å²) in [7, 11) is 0.449. The molecule has 0 nitrogen and oxygen atoms in total. The molecule has 0 unspecified atom stereocenters. The molecule has 0 spiro atoms. The molecule has 0 amide bonds. The summed E-state index contributed by atoms with van der Waals surface area (Å²) in [6.45, 7) is 1.15. The van der Waals surface area contributed by atoms with Crippen LogP contribution in [0.15, 0.2) is 0 Å². The Balaban J connectivity index is 1.07. The largest absolute Gasteiger partial charge is 0.146 e. The Bertz CT molecular complexity index is 318. The molecule has 2 heteroatoms. The maximum atomic E-state index is 1.65. The van der Waals surface area contributed by atoms with Gasteiger partial charge < -0.3 is 0 Å². The molecule has 0 radical (unpaired) electrons. The Morgan fingerprint density at radius 1 is 0.560 bits per heavy atom. The molecule has 0 aromatic rings. The average Bonchev–Trinajstić information content (AvgIpc) is 2.60. The zero-order chi connectivity index (χ0) is 16.9. The maximum Gasteiger partial charge on any atom is 0.146 e. The molecule has 0 saturated carbocycles. The Labute approximate surface area is 159 Å². The smallest absolute Gasteiger partial charge is 0.100 e. The van der Waals surface area contributed by atoms with Gasteiger partial charge in [-0.25, -0.2) is 0 Å². The number of hydrogen-bond donors (Lipinski definition) is 0. The first-order chi connectivity index (χ1) is 12.4. The summed E-state index contributed by atoms with van der Waals surface area (Å²) >= 11 is 0. The van der Waals surface area contributed by atoms with Crippen molar-refractivity contribution < 1.29 is 0 Å². The van der Waals surface area contributed by atoms with Gasteiger partial charge in [-0.15, -0.1) is 7.92 Å². The highest BCUT2D eigenvalue weighted by Gasteiger charge is 2.38. The molecule has 4 heterocycles. The minimum atomic E-state index is 0.449. The van der Waals surface area contributed by atoms with Crippen molar-refractivity contribution in [3.63, 3.8) is 0 Å². The van der Waals surface area contributed by atoms with Crippen LogP contribution in [0.1, 0.15) is 109 Å². The van der Waals surface area contributed by atoms with Crippen molar-refractivity contribution in [2.24, 2.45) is 0 Å². The molecule has 142 valence electrons. The minimum Gasteiger partial charge on any atom is -0.100 e. The van der Waals surface area contributed by atoms with Crippen LogP contribution in [0.2, 0.25) is 18.0 Å². The molecule has 4 bridgehead atoms. The SMILES string of the molecule is C(CCCB1C2CCCC1CCC2)CCCP1C2CCCC1CCC2. The van der Waals surface area contributed by atoms with Gasteiger partial charge in [-0.3, -0.25) is 0 Å².